The fraction of sp³-hybridized carbons (Fsp3) is 0.286. The normalized spacial score (nSPS) is 12.0. The number of hydrogen-bond acceptors (Lipinski definition) is 4. The Labute approximate surface area is 227 Å². The zero-order valence-corrected chi connectivity index (χ0v) is 23.6. The number of likely N-dealkylation sites (N-methyl/N-ethyl adjacent to an activating group) is 1. The minimum atomic E-state index is -3.78. The lowest BCUT2D eigenvalue weighted by atomic mass is 10.0. The van der Waals surface area contributed by atoms with Crippen molar-refractivity contribution in [3.8, 4) is 0 Å². The Kier molecular flexibility index (Phi) is 9.88. The van der Waals surface area contributed by atoms with E-state index in [1.165, 1.54) is 4.90 Å². The van der Waals surface area contributed by atoms with Crippen LogP contribution in [-0.2, 0) is 32.6 Å². The second-order valence-corrected chi connectivity index (χ2v) is 11.7. The zero-order valence-electron chi connectivity index (χ0n) is 21.2. The first-order chi connectivity index (χ1) is 17.6. The molecule has 0 spiro atoms. The summed E-state index contributed by atoms with van der Waals surface area (Å²) in [5.41, 5.74) is 3.18. The quantitative estimate of drug-likeness (QED) is 0.363. The van der Waals surface area contributed by atoms with Crippen LogP contribution < -0.4 is 9.62 Å². The van der Waals surface area contributed by atoms with Crippen molar-refractivity contribution < 1.29 is 18.0 Å². The number of aryl methyl sites for hydroxylation is 1. The van der Waals surface area contributed by atoms with Crippen LogP contribution in [0.4, 0.5) is 5.69 Å². The van der Waals surface area contributed by atoms with Crippen LogP contribution in [0.15, 0.2) is 83.3 Å². The van der Waals surface area contributed by atoms with E-state index >= 15 is 0 Å². The number of sulfonamides is 1. The maximum absolute atomic E-state index is 13.9. The third kappa shape index (κ3) is 8.16. The summed E-state index contributed by atoms with van der Waals surface area (Å²) in [6, 6.07) is 23.1. The molecule has 0 aliphatic rings. The fourth-order valence-corrected chi connectivity index (χ4v) is 5.07. The summed E-state index contributed by atoms with van der Waals surface area (Å²) in [4.78, 5) is 28.7. The van der Waals surface area contributed by atoms with Gasteiger partial charge in [-0.05, 0) is 49.2 Å². The third-order valence-corrected chi connectivity index (χ3v) is 7.56. The lowest BCUT2D eigenvalue weighted by molar-refractivity contribution is -0.140. The first kappa shape index (κ1) is 28.4. The van der Waals surface area contributed by atoms with E-state index in [1.54, 1.807) is 24.3 Å². The molecule has 3 aromatic rings. The number of carbonyl (C=O) groups excluding carboxylic acids is 2. The number of carbonyl (C=O) groups is 2. The van der Waals surface area contributed by atoms with E-state index in [1.807, 2.05) is 68.4 Å². The van der Waals surface area contributed by atoms with E-state index in [4.69, 9.17) is 0 Å². The second-order valence-electron chi connectivity index (χ2n) is 8.85. The van der Waals surface area contributed by atoms with Crippen molar-refractivity contribution >= 4 is 43.5 Å². The molecular weight excluding hydrogens is 554 g/mol. The van der Waals surface area contributed by atoms with E-state index in [0.29, 0.717) is 18.7 Å². The van der Waals surface area contributed by atoms with Crippen molar-refractivity contribution in [3.05, 3.63) is 100 Å². The van der Waals surface area contributed by atoms with Gasteiger partial charge in [-0.2, -0.15) is 0 Å². The number of rotatable bonds is 11. The predicted molar refractivity (Wildman–Crippen MR) is 151 cm³/mol. The monoisotopic (exact) mass is 585 g/mol. The average Bonchev–Trinajstić information content (AvgIpc) is 2.86. The van der Waals surface area contributed by atoms with Crippen molar-refractivity contribution in [2.75, 3.05) is 23.7 Å². The fourth-order valence-electron chi connectivity index (χ4n) is 3.96. The van der Waals surface area contributed by atoms with Crippen LogP contribution in [0, 0.1) is 6.92 Å². The molecule has 0 fully saturated rings. The van der Waals surface area contributed by atoms with Crippen molar-refractivity contribution in [1.82, 2.24) is 10.2 Å². The van der Waals surface area contributed by atoms with E-state index in [0.717, 1.165) is 31.7 Å². The Morgan fingerprint density at radius 2 is 1.54 bits per heavy atom. The van der Waals surface area contributed by atoms with Crippen molar-refractivity contribution in [1.29, 1.82) is 0 Å². The maximum atomic E-state index is 13.9. The predicted octanol–water partition coefficient (Wildman–Crippen LogP) is 4.30. The Balaban J connectivity index is 2.02. The van der Waals surface area contributed by atoms with Crippen molar-refractivity contribution in [2.24, 2.45) is 0 Å². The number of hydrogen-bond donors (Lipinski definition) is 1. The lowest BCUT2D eigenvalue weighted by Crippen LogP contribution is -2.53. The number of benzene rings is 3. The van der Waals surface area contributed by atoms with Gasteiger partial charge in [-0.15, -0.1) is 0 Å². The molecule has 0 aliphatic heterocycles. The number of nitrogens with zero attached hydrogens (tertiary/aromatic N) is 2. The Morgan fingerprint density at radius 3 is 2.11 bits per heavy atom. The van der Waals surface area contributed by atoms with Gasteiger partial charge in [-0.3, -0.25) is 13.9 Å². The van der Waals surface area contributed by atoms with Gasteiger partial charge in [-0.1, -0.05) is 76.1 Å². The smallest absolute Gasteiger partial charge is 0.244 e. The molecule has 0 radical (unpaired) electrons. The molecule has 9 heteroatoms. The van der Waals surface area contributed by atoms with E-state index in [9.17, 15) is 18.0 Å². The summed E-state index contributed by atoms with van der Waals surface area (Å²) < 4.78 is 27.3. The molecule has 0 saturated carbocycles. The van der Waals surface area contributed by atoms with Gasteiger partial charge in [0.25, 0.3) is 0 Å². The van der Waals surface area contributed by atoms with Gasteiger partial charge in [0.2, 0.25) is 21.8 Å². The highest BCUT2D eigenvalue weighted by molar-refractivity contribution is 9.10. The van der Waals surface area contributed by atoms with Crippen LogP contribution in [0.25, 0.3) is 0 Å². The van der Waals surface area contributed by atoms with Gasteiger partial charge in [0.15, 0.2) is 0 Å². The number of amides is 2. The first-order valence-electron chi connectivity index (χ1n) is 12.0. The molecule has 0 bridgehead atoms. The molecule has 196 valence electrons. The van der Waals surface area contributed by atoms with Crippen molar-refractivity contribution in [2.45, 2.75) is 32.9 Å². The molecule has 3 aromatic carbocycles. The van der Waals surface area contributed by atoms with Crippen LogP contribution in [-0.4, -0.2) is 50.5 Å². The molecular formula is C28H32BrN3O4S. The first-order valence-corrected chi connectivity index (χ1v) is 14.6. The van der Waals surface area contributed by atoms with Gasteiger partial charge in [0, 0.05) is 24.0 Å². The molecule has 37 heavy (non-hydrogen) atoms. The molecule has 0 heterocycles. The SMILES string of the molecule is CCNC(=O)[C@@H](Cc1ccccc1)N(Cc1ccc(C)cc1)C(=O)CN(c1ccc(Br)cc1)S(C)(=O)=O. The largest absolute Gasteiger partial charge is 0.355 e. The highest BCUT2D eigenvalue weighted by Crippen LogP contribution is 2.22. The lowest BCUT2D eigenvalue weighted by Gasteiger charge is -2.33. The van der Waals surface area contributed by atoms with E-state index in [-0.39, 0.29) is 12.5 Å². The number of nitrogens with one attached hydrogen (secondary N) is 1. The van der Waals surface area contributed by atoms with Crippen LogP contribution >= 0.6 is 15.9 Å². The van der Waals surface area contributed by atoms with Gasteiger partial charge < -0.3 is 10.2 Å². The molecule has 7 nitrogen and oxygen atoms in total. The van der Waals surface area contributed by atoms with E-state index in [2.05, 4.69) is 21.2 Å². The summed E-state index contributed by atoms with van der Waals surface area (Å²) in [5, 5.41) is 2.85. The highest BCUT2D eigenvalue weighted by Gasteiger charge is 2.32. The Hall–Kier alpha value is -3.17. The summed E-state index contributed by atoms with van der Waals surface area (Å²) >= 11 is 3.35. The van der Waals surface area contributed by atoms with Gasteiger partial charge in [0.05, 0.1) is 11.9 Å². The number of halogens is 1. The van der Waals surface area contributed by atoms with Crippen molar-refractivity contribution in [3.63, 3.8) is 0 Å². The third-order valence-electron chi connectivity index (χ3n) is 5.89. The minimum absolute atomic E-state index is 0.158. The standard InChI is InChI=1S/C28H32BrN3O4S/c1-4-30-28(34)26(18-22-8-6-5-7-9-22)31(19-23-12-10-21(2)11-13-23)27(33)20-32(37(3,35)36)25-16-14-24(29)15-17-25/h5-17,26H,4,18-20H2,1-3H3,(H,30,34)/t26-/m1/s1. The molecule has 3 rings (SSSR count). The summed E-state index contributed by atoms with van der Waals surface area (Å²) in [5.74, 6) is -0.762. The maximum Gasteiger partial charge on any atom is 0.244 e. The summed E-state index contributed by atoms with van der Waals surface area (Å²) in [7, 11) is -3.78. The molecule has 0 unspecified atom stereocenters. The van der Waals surface area contributed by atoms with Crippen LogP contribution in [0.3, 0.4) is 0 Å². The second kappa shape index (κ2) is 12.9. The minimum Gasteiger partial charge on any atom is -0.355 e. The molecule has 2 amide bonds. The topological polar surface area (TPSA) is 86.8 Å². The van der Waals surface area contributed by atoms with Gasteiger partial charge >= 0.3 is 0 Å². The molecule has 0 aromatic heterocycles. The number of anilines is 1. The van der Waals surface area contributed by atoms with Gasteiger partial charge in [-0.25, -0.2) is 8.42 Å². The highest BCUT2D eigenvalue weighted by atomic mass is 79.9. The summed E-state index contributed by atoms with van der Waals surface area (Å²) in [6.07, 6.45) is 1.36. The molecule has 0 saturated heterocycles. The Bertz CT molecular complexity index is 1300. The molecule has 0 aliphatic carbocycles. The molecule has 1 N–H and O–H groups in total. The molecule has 1 atom stereocenters. The summed E-state index contributed by atoms with van der Waals surface area (Å²) in [6.45, 7) is 3.93. The Morgan fingerprint density at radius 1 is 0.919 bits per heavy atom. The van der Waals surface area contributed by atoms with E-state index < -0.39 is 28.5 Å². The van der Waals surface area contributed by atoms with Crippen LogP contribution in [0.1, 0.15) is 23.6 Å². The van der Waals surface area contributed by atoms with Crippen LogP contribution in [0.2, 0.25) is 0 Å². The zero-order chi connectivity index (χ0) is 27.0. The average molecular weight is 587 g/mol. The van der Waals surface area contributed by atoms with Crippen LogP contribution in [0.5, 0.6) is 0 Å². The van der Waals surface area contributed by atoms with Gasteiger partial charge in [0.1, 0.15) is 12.6 Å².